The van der Waals surface area contributed by atoms with Gasteiger partial charge in [0.05, 0.1) is 71.1 Å². The Balaban J connectivity index is 0.000000109. The molecule has 12 N–H and O–H groups in total. The van der Waals surface area contributed by atoms with Crippen LogP contribution in [0, 0.1) is 5.82 Å². The van der Waals surface area contributed by atoms with Crippen LogP contribution in [0.15, 0.2) is 230 Å². The average Bonchev–Trinajstić information content (AvgIpc) is 1.65. The molecule has 0 unspecified atom stereocenters. The highest BCUT2D eigenvalue weighted by molar-refractivity contribution is 7.22. The van der Waals surface area contributed by atoms with Crippen molar-refractivity contribution >= 4 is 221 Å². The lowest BCUT2D eigenvalue weighted by atomic mass is 10.1. The number of piperazine rings is 5. The molecule has 7 aromatic carbocycles. The lowest BCUT2D eigenvalue weighted by molar-refractivity contribution is 0.0733. The minimum atomic E-state index is -0.232. The number of aromatic amines is 1. The van der Waals surface area contributed by atoms with Gasteiger partial charge in [0, 0.05) is 302 Å². The fourth-order valence-corrected chi connectivity index (χ4v) is 23.4. The van der Waals surface area contributed by atoms with E-state index in [2.05, 4.69) is 99.1 Å². The monoisotopic (exact) mass is 2090 g/mol. The van der Waals surface area contributed by atoms with Gasteiger partial charge in [0.1, 0.15) is 17.3 Å². The number of halogens is 1. The van der Waals surface area contributed by atoms with Crippen LogP contribution in [-0.4, -0.2) is 281 Å². The Bertz CT molecular complexity index is 7940. The number of nitrogens with one attached hydrogen (secondary N) is 11. The molecule has 149 heavy (non-hydrogen) atoms. The summed E-state index contributed by atoms with van der Waals surface area (Å²) in [6, 6.07) is 53.5. The summed E-state index contributed by atoms with van der Waals surface area (Å²) >= 11 is 7.63. The van der Waals surface area contributed by atoms with Gasteiger partial charge in [-0.3, -0.25) is 29.0 Å². The van der Waals surface area contributed by atoms with Crippen molar-refractivity contribution in [3.63, 3.8) is 0 Å². The smallest absolute Gasteiger partial charge is 0.264 e. The minimum Gasteiger partial charge on any atom is -0.508 e. The van der Waals surface area contributed by atoms with Crippen molar-refractivity contribution in [2.24, 2.45) is 0 Å². The van der Waals surface area contributed by atoms with Crippen molar-refractivity contribution in [2.75, 3.05) is 184 Å². The molecule has 35 nitrogen and oxygen atoms in total. The van der Waals surface area contributed by atoms with Gasteiger partial charge in [-0.25, -0.2) is 59.2 Å². The van der Waals surface area contributed by atoms with Crippen molar-refractivity contribution < 1.29 is 37.9 Å². The van der Waals surface area contributed by atoms with Gasteiger partial charge >= 0.3 is 0 Å². The molecular weight excluding hydrogens is 1980 g/mol. The van der Waals surface area contributed by atoms with Crippen molar-refractivity contribution in [3.8, 4) is 5.75 Å². The van der Waals surface area contributed by atoms with Crippen LogP contribution in [0.3, 0.4) is 0 Å². The quantitative estimate of drug-likeness (QED) is 0.0267. The normalized spacial score (nSPS) is 14.4. The summed E-state index contributed by atoms with van der Waals surface area (Å²) in [5, 5.41) is 51.8. The van der Waals surface area contributed by atoms with E-state index in [0.717, 1.165) is 314 Å². The predicted molar refractivity (Wildman–Crippen MR) is 591 cm³/mol. The second-order valence-electron chi connectivity index (χ2n) is 36.1. The standard InChI is InChI=1S/C23H22FN5OS.C23H23N5O2S.C22H22N6OS.C20H21N7OS.C20H19N5O2S/c24-17-4-1-15(2-5-17)7-8-26-23-27-14-16-3-6-19-18(21(16)28-23)13-20(31-19)22(30)29-11-9-25-10-12-29;29-17-4-1-15(2-5-17)7-8-25-23-26-14-16-3-6-19-18(21(16)27-23)13-20(31-19)22(30)28-11-9-24-10-12-28;29-21(28-11-9-23-10-12-28)19-13-17-18(30-19)5-4-15-14-26-22(27-20(15)17)25-8-6-16-3-1-2-7-24-16;28-19(27-7-5-21-6-8-27)17-9-15-16(29-17)2-1-13-10-24-20(26-18(13)15)23-4-3-14-11-22-12-25-14;26-19(25-7-5-21-6-8-25)17-10-15-16(28-17)4-3-13-11-22-20(24-18(13)15)23-12-14-2-1-9-27-14/h1-6,13-14,25H,7-12H2,(H,26,27,28);1-6,13-14,24,29H,7-12H2,(H,25,26,27);1-5,7,13-14,23H,6,8-12H2,(H,25,26,27);1-2,9-12,21H,3-8H2,(H,22,25)(H,23,24,26);1-4,9-11,21H,5-8,12H2,(H,22,23,24). The van der Waals surface area contributed by atoms with E-state index in [1.54, 1.807) is 49.2 Å². The van der Waals surface area contributed by atoms with Crippen molar-refractivity contribution in [1.82, 2.24) is 116 Å². The van der Waals surface area contributed by atoms with Crippen LogP contribution >= 0.6 is 56.7 Å². The molecule has 5 amide bonds. The molecule has 5 aliphatic heterocycles. The highest BCUT2D eigenvalue weighted by atomic mass is 32.1. The lowest BCUT2D eigenvalue weighted by Crippen LogP contribution is -2.46. The van der Waals surface area contributed by atoms with Gasteiger partial charge in [-0.2, -0.15) is 0 Å². The number of imidazole rings is 1. The molecule has 25 rings (SSSR count). The Kier molecular flexibility index (Phi) is 31.5. The molecule has 13 aromatic heterocycles. The summed E-state index contributed by atoms with van der Waals surface area (Å²) in [6.45, 7) is 19.1. The van der Waals surface area contributed by atoms with Crippen LogP contribution < -0.4 is 53.2 Å². The van der Waals surface area contributed by atoms with Gasteiger partial charge in [-0.15, -0.1) is 56.7 Å². The molecule has 0 radical (unpaired) electrons. The number of pyridine rings is 1. The maximum Gasteiger partial charge on any atom is 0.264 e. The fraction of sp³-hybridized carbons (Fsp3) is 0.269. The number of rotatable bonds is 24. The first-order chi connectivity index (χ1) is 73.2. The predicted octanol–water partition coefficient (Wildman–Crippen LogP) is 15.2. The molecule has 0 saturated carbocycles. The maximum absolute atomic E-state index is 13.0. The lowest BCUT2D eigenvalue weighted by Gasteiger charge is -2.26. The molecule has 18 heterocycles. The number of phenolic OH excluding ortho intramolecular Hbond substituents is 1. The van der Waals surface area contributed by atoms with Gasteiger partial charge in [0.25, 0.3) is 29.5 Å². The zero-order chi connectivity index (χ0) is 101. The third kappa shape index (κ3) is 24.2. The summed E-state index contributed by atoms with van der Waals surface area (Å²) in [4.78, 5) is 135. The number of hydrogen-bond acceptors (Lipinski definition) is 34. The van der Waals surface area contributed by atoms with Crippen LogP contribution in [0.25, 0.3) is 105 Å². The molecule has 0 bridgehead atoms. The average molecular weight is 2090 g/mol. The second-order valence-corrected chi connectivity index (χ2v) is 41.6. The Morgan fingerprint density at radius 3 is 0.960 bits per heavy atom. The molecule has 20 aromatic rings. The van der Waals surface area contributed by atoms with Crippen molar-refractivity contribution in [3.05, 3.63) is 284 Å². The summed E-state index contributed by atoms with van der Waals surface area (Å²) in [5.41, 5.74) is 8.56. The number of aromatic hydroxyl groups is 1. The molecule has 41 heteroatoms. The van der Waals surface area contributed by atoms with Crippen LogP contribution in [-0.2, 0) is 32.2 Å². The van der Waals surface area contributed by atoms with E-state index in [-0.39, 0.29) is 41.1 Å². The fourth-order valence-electron chi connectivity index (χ4n) is 18.2. The number of amides is 5. The van der Waals surface area contributed by atoms with Gasteiger partial charge in [0.2, 0.25) is 29.7 Å². The number of phenols is 1. The SMILES string of the molecule is O=C(c1cc2c(ccc3cnc(NCCc4ccc(F)cc4)nc32)s1)N1CCNCC1.O=C(c1cc2c(ccc3cnc(NCCc4ccc(O)cc4)nc32)s1)N1CCNCC1.O=C(c1cc2c(ccc3cnc(NCCc4ccccn4)nc32)s1)N1CCNCC1.O=C(c1cc2c(ccc3cnc(NCCc4cnc[nH]4)nc32)s1)N1CCNCC1.O=C(c1cc2c(ccc3cnc(NCc4ccco4)nc32)s1)N1CCNCC1. The third-order valence-corrected chi connectivity index (χ3v) is 31.6. The first-order valence-electron chi connectivity index (χ1n) is 49.8. The van der Waals surface area contributed by atoms with E-state index in [1.165, 1.54) is 68.8 Å². The molecule has 5 saturated heterocycles. The largest absolute Gasteiger partial charge is 0.508 e. The molecule has 0 atom stereocenters. The van der Waals surface area contributed by atoms with E-state index >= 15 is 0 Å². The number of furan rings is 1. The van der Waals surface area contributed by atoms with Crippen molar-refractivity contribution in [1.29, 1.82) is 0 Å². The zero-order valence-electron chi connectivity index (χ0n) is 81.3. The molecule has 0 spiro atoms. The van der Waals surface area contributed by atoms with Gasteiger partial charge in [0.15, 0.2) is 0 Å². The number of hydrogen-bond donors (Lipinski definition) is 12. The van der Waals surface area contributed by atoms with Crippen LogP contribution in [0.4, 0.5) is 34.1 Å². The Morgan fingerprint density at radius 2 is 0.658 bits per heavy atom. The number of anilines is 5. The van der Waals surface area contributed by atoms with Gasteiger partial charge in [-0.1, -0.05) is 30.3 Å². The van der Waals surface area contributed by atoms with E-state index in [9.17, 15) is 33.5 Å². The van der Waals surface area contributed by atoms with Crippen LogP contribution in [0.2, 0.25) is 0 Å². The highest BCUT2D eigenvalue weighted by Gasteiger charge is 2.29. The first-order valence-corrected chi connectivity index (χ1v) is 53.8. The van der Waals surface area contributed by atoms with E-state index in [0.29, 0.717) is 62.5 Å². The zero-order valence-corrected chi connectivity index (χ0v) is 85.4. The summed E-state index contributed by atoms with van der Waals surface area (Å²) < 4.78 is 23.7. The molecule has 758 valence electrons. The van der Waals surface area contributed by atoms with Gasteiger partial charge < -0.3 is 92.2 Å². The number of nitrogens with zero attached hydrogens (tertiary/aromatic N) is 17. The topological polar surface area (TPSA) is 426 Å². The second kappa shape index (κ2) is 47.2. The van der Waals surface area contributed by atoms with E-state index < -0.39 is 0 Å². The van der Waals surface area contributed by atoms with Gasteiger partial charge in [-0.05, 0) is 163 Å². The number of aromatic nitrogens is 13. The summed E-state index contributed by atoms with van der Waals surface area (Å²) in [5.74, 6) is 4.18. The third-order valence-electron chi connectivity index (χ3n) is 26.2. The number of carbonyl (C=O) groups is 5. The highest BCUT2D eigenvalue weighted by Crippen LogP contribution is 2.39. The molecular formula is C108H107FN28O7S5. The number of thiophene rings is 5. The Hall–Kier alpha value is -15.4. The number of benzene rings is 7. The Morgan fingerprint density at radius 1 is 0.342 bits per heavy atom. The molecule has 0 aliphatic carbocycles. The molecule has 5 aliphatic rings. The molecule has 5 fully saturated rings. The number of H-pyrrole nitrogens is 1. The Labute approximate surface area is 874 Å². The summed E-state index contributed by atoms with van der Waals surface area (Å²) in [7, 11) is 0. The van der Waals surface area contributed by atoms with Crippen LogP contribution in [0.5, 0.6) is 5.75 Å². The van der Waals surface area contributed by atoms with E-state index in [4.69, 9.17) is 29.3 Å². The first kappa shape index (κ1) is 99.5. The number of carbonyl (C=O) groups excluding carboxylic acids is 5. The van der Waals surface area contributed by atoms with E-state index in [1.807, 2.05) is 183 Å². The van der Waals surface area contributed by atoms with Crippen molar-refractivity contribution in [2.45, 2.75) is 32.2 Å². The minimum absolute atomic E-state index is 0.0857. The maximum atomic E-state index is 13.0. The summed E-state index contributed by atoms with van der Waals surface area (Å²) in [6.07, 6.45) is 19.2. The van der Waals surface area contributed by atoms with Crippen LogP contribution in [0.1, 0.15) is 76.6 Å². The number of fused-ring (bicyclic) bond motifs is 15.